The van der Waals surface area contributed by atoms with E-state index in [1.807, 2.05) is 109 Å². The molecule has 0 bridgehead atoms. The maximum absolute atomic E-state index is 12.9. The van der Waals surface area contributed by atoms with E-state index in [9.17, 15) is 39.6 Å². The summed E-state index contributed by atoms with van der Waals surface area (Å²) in [5, 5.41) is 59.2. The molecule has 4 amide bonds. The van der Waals surface area contributed by atoms with Crippen molar-refractivity contribution in [3.05, 3.63) is 381 Å². The van der Waals surface area contributed by atoms with Gasteiger partial charge in [-0.15, -0.1) is 0 Å². The fourth-order valence-corrected chi connectivity index (χ4v) is 14.3. The number of fused-ring (bicyclic) bond motifs is 4. The second kappa shape index (κ2) is 40.3. The van der Waals surface area contributed by atoms with E-state index in [2.05, 4.69) is 41.2 Å². The van der Waals surface area contributed by atoms with Gasteiger partial charge in [-0.3, -0.25) is 39.1 Å². The summed E-state index contributed by atoms with van der Waals surface area (Å²) >= 11 is 25.8. The number of phenolic OH excluding ortho intramolecular Hbond substituents is 4. The van der Waals surface area contributed by atoms with E-state index >= 15 is 0 Å². The highest BCUT2D eigenvalue weighted by molar-refractivity contribution is 6.37. The number of halogens is 4. The lowest BCUT2D eigenvalue weighted by Gasteiger charge is -2.20. The third-order valence-electron chi connectivity index (χ3n) is 19.0. The molecule has 618 valence electrons. The lowest BCUT2D eigenvalue weighted by Crippen LogP contribution is -2.33. The molecule has 0 fully saturated rings. The summed E-state index contributed by atoms with van der Waals surface area (Å²) in [5.41, 5.74) is 4.47. The molecule has 0 aliphatic heterocycles. The van der Waals surface area contributed by atoms with E-state index in [4.69, 9.17) is 83.0 Å². The molecule has 8 heterocycles. The number of para-hydroxylation sites is 4. The number of aromatic nitrogens is 4. The Morgan fingerprint density at radius 2 is 0.675 bits per heavy atom. The molecule has 0 saturated carbocycles. The number of aromatic hydroxyl groups is 4. The van der Waals surface area contributed by atoms with Gasteiger partial charge in [0.15, 0.2) is 26.4 Å². The van der Waals surface area contributed by atoms with Crippen LogP contribution in [0.15, 0.2) is 328 Å². The molecule has 8 N–H and O–H groups in total. The predicted octanol–water partition coefficient (Wildman–Crippen LogP) is 19.9. The summed E-state index contributed by atoms with van der Waals surface area (Å²) in [6.45, 7) is 1.02. The highest BCUT2D eigenvalue weighted by Crippen LogP contribution is 2.44. The van der Waals surface area contributed by atoms with Crippen LogP contribution in [0, 0.1) is 6.92 Å². The van der Waals surface area contributed by atoms with Crippen LogP contribution >= 0.6 is 46.4 Å². The number of phenols is 4. The molecule has 123 heavy (non-hydrogen) atoms. The number of nitrogens with zero attached hydrogens (tertiary/aromatic N) is 4. The first-order chi connectivity index (χ1) is 59.9. The molecule has 4 unspecified atom stereocenters. The summed E-state index contributed by atoms with van der Waals surface area (Å²) in [6.07, 6.45) is 10.8. The molecule has 0 saturated heterocycles. The van der Waals surface area contributed by atoms with Crippen molar-refractivity contribution in [2.45, 2.75) is 31.1 Å². The smallest absolute Gasteiger partial charge is 0.258 e. The fraction of sp³-hybridized carbons (Fsp3) is 0.0947. The summed E-state index contributed by atoms with van der Waals surface area (Å²) in [6, 6.07) is 75.4. The number of ether oxygens (including phenoxy) is 4. The maximum Gasteiger partial charge on any atom is 0.258 e. The Bertz CT molecular complexity index is 6300. The van der Waals surface area contributed by atoms with Crippen molar-refractivity contribution in [3.8, 4) is 57.3 Å². The lowest BCUT2D eigenvalue weighted by molar-refractivity contribution is -0.124. The highest BCUT2D eigenvalue weighted by Gasteiger charge is 2.31. The van der Waals surface area contributed by atoms with Crippen LogP contribution in [0.3, 0.4) is 0 Å². The van der Waals surface area contributed by atoms with Crippen LogP contribution in [-0.2, 0) is 19.2 Å². The van der Waals surface area contributed by atoms with E-state index in [1.165, 1.54) is 18.8 Å². The van der Waals surface area contributed by atoms with Crippen LogP contribution in [0.2, 0.25) is 20.1 Å². The molecule has 17 aromatic rings. The minimum atomic E-state index is -0.830. The second-order valence-electron chi connectivity index (χ2n) is 27.3. The Balaban J connectivity index is 0.000000134. The fourth-order valence-electron chi connectivity index (χ4n) is 13.2. The minimum Gasteiger partial charge on any atom is -0.505 e. The molecular weight excluding hydrogens is 1650 g/mol. The van der Waals surface area contributed by atoms with Crippen LogP contribution in [0.4, 0.5) is 0 Å². The van der Waals surface area contributed by atoms with Crippen molar-refractivity contribution >= 4 is 114 Å². The van der Waals surface area contributed by atoms with E-state index < -0.39 is 30.1 Å². The molecular formula is C95H74Cl4N8O16. The Hall–Kier alpha value is -14.8. The first-order valence-corrected chi connectivity index (χ1v) is 39.6. The van der Waals surface area contributed by atoms with Crippen LogP contribution in [0.1, 0.15) is 75.0 Å². The van der Waals surface area contributed by atoms with Gasteiger partial charge in [0, 0.05) is 79.7 Å². The first-order valence-electron chi connectivity index (χ1n) is 38.1. The van der Waals surface area contributed by atoms with Crippen LogP contribution < -0.4 is 40.2 Å². The van der Waals surface area contributed by atoms with Crippen LogP contribution in [0.25, 0.3) is 54.9 Å². The number of rotatable bonds is 25. The van der Waals surface area contributed by atoms with Gasteiger partial charge in [0.25, 0.3) is 23.6 Å². The molecule has 4 atom stereocenters. The average Bonchev–Trinajstić information content (AvgIpc) is 1.62. The van der Waals surface area contributed by atoms with Crippen LogP contribution in [0.5, 0.6) is 46.0 Å². The van der Waals surface area contributed by atoms with Crippen LogP contribution in [-0.4, -0.2) is 90.4 Å². The van der Waals surface area contributed by atoms with E-state index in [1.54, 1.807) is 189 Å². The third kappa shape index (κ3) is 21.1. The number of hydrogen-bond acceptors (Lipinski definition) is 20. The molecule has 24 nitrogen and oxygen atoms in total. The molecule has 9 aromatic carbocycles. The number of aryl methyl sites for hydroxylation is 1. The van der Waals surface area contributed by atoms with Gasteiger partial charge in [-0.05, 0) is 171 Å². The van der Waals surface area contributed by atoms with Crippen molar-refractivity contribution in [1.29, 1.82) is 0 Å². The summed E-state index contributed by atoms with van der Waals surface area (Å²) in [5.74, 6) is 3.15. The molecule has 0 aliphatic rings. The van der Waals surface area contributed by atoms with Gasteiger partial charge in [0.1, 0.15) is 115 Å². The quantitative estimate of drug-likeness (QED) is 0.0263. The zero-order chi connectivity index (χ0) is 85.7. The average molecular weight is 1730 g/mol. The molecule has 0 spiro atoms. The zero-order valence-electron chi connectivity index (χ0n) is 65.1. The molecule has 17 rings (SSSR count). The van der Waals surface area contributed by atoms with E-state index in [-0.39, 0.29) is 67.1 Å². The highest BCUT2D eigenvalue weighted by atomic mass is 35.5. The number of nitrogens with one attached hydrogen (secondary N) is 4. The molecule has 8 aromatic heterocycles. The SMILES string of the molecule is Cc1ccc(C(NC(=O)COc2ccccc2)c2cc(Cl)c3cccnc3c2O)o1.O=C(COc1ccccc1)NC(c1ccc(-c2ccccc2)o1)c1cc(Cl)c2cccnc2c1O.O=C(COc1ccccc1)NC(c1ccco1)c1cc(Cl)c2cccnc2c1O.O=C(COc1ccccc1)NC(c1ccoc1)c1cc(Cl)c2cccnc2c1O. The van der Waals surface area contributed by atoms with Crippen molar-refractivity contribution in [2.24, 2.45) is 0 Å². The number of carbonyl (C=O) groups is 4. The maximum atomic E-state index is 12.9. The third-order valence-corrected chi connectivity index (χ3v) is 20.3. The number of carbonyl (C=O) groups excluding carboxylic acids is 4. The van der Waals surface area contributed by atoms with E-state index in [0.29, 0.717) is 143 Å². The first kappa shape index (κ1) is 84.6. The molecule has 0 aliphatic carbocycles. The zero-order valence-corrected chi connectivity index (χ0v) is 68.1. The minimum absolute atomic E-state index is 0.0551. The number of hydrogen-bond donors (Lipinski definition) is 8. The van der Waals surface area contributed by atoms with Gasteiger partial charge >= 0.3 is 0 Å². The van der Waals surface area contributed by atoms with Gasteiger partial charge in [0.2, 0.25) is 0 Å². The number of amides is 4. The van der Waals surface area contributed by atoms with Crippen molar-refractivity contribution in [1.82, 2.24) is 41.2 Å². The Morgan fingerprint density at radius 1 is 0.350 bits per heavy atom. The Morgan fingerprint density at radius 3 is 1.00 bits per heavy atom. The molecule has 0 radical (unpaired) electrons. The normalized spacial score (nSPS) is 11.9. The molecule has 28 heteroatoms. The van der Waals surface area contributed by atoms with Crippen molar-refractivity contribution in [3.63, 3.8) is 0 Å². The van der Waals surface area contributed by atoms with Gasteiger partial charge in [-0.1, -0.05) is 150 Å². The summed E-state index contributed by atoms with van der Waals surface area (Å²) in [4.78, 5) is 67.6. The largest absolute Gasteiger partial charge is 0.505 e. The summed E-state index contributed by atoms with van der Waals surface area (Å²) < 4.78 is 44.7. The Kier molecular flexibility index (Phi) is 27.7. The Labute approximate surface area is 722 Å². The number of benzene rings is 9. The topological polar surface area (TPSA) is 338 Å². The van der Waals surface area contributed by atoms with E-state index in [0.717, 1.165) is 5.56 Å². The van der Waals surface area contributed by atoms with Gasteiger partial charge in [-0.2, -0.15) is 0 Å². The predicted molar refractivity (Wildman–Crippen MR) is 466 cm³/mol. The van der Waals surface area contributed by atoms with Gasteiger partial charge in [0.05, 0.1) is 44.9 Å². The second-order valence-corrected chi connectivity index (χ2v) is 28.9. The summed E-state index contributed by atoms with van der Waals surface area (Å²) in [7, 11) is 0. The number of pyridine rings is 4. The van der Waals surface area contributed by atoms with Gasteiger partial charge < -0.3 is 78.3 Å². The monoisotopic (exact) mass is 1720 g/mol. The number of furan rings is 4. The van der Waals surface area contributed by atoms with Crippen molar-refractivity contribution in [2.75, 3.05) is 26.4 Å². The van der Waals surface area contributed by atoms with Gasteiger partial charge in [-0.25, -0.2) is 0 Å². The standard InChI is InChI=1S/C28H21ClN2O4.C23H19ClN2O4.2C22H17ClN2O4/c29-22-16-21(28(33)27-20(22)12-7-15-30-27)26(31-25(32)17-34-19-10-5-2-6-11-19)24-14-13-23(35-24)18-8-3-1-4-9-18;1-14-9-10-19(30-14)21(26-20(27)13-29-15-6-3-2-4-7-15)17-12-18(24)16-8-5-11-25-22(16)23(17)28;23-17-12-16(22(27)21-15(17)8-4-10-24-21)20(18-9-5-11-28-18)25-19(26)13-29-14-6-2-1-3-7-14;23-18-11-17(22(27)21-16(18)7-4-9-24-21)20(14-8-10-28-12-14)25-19(26)13-29-15-5-2-1-3-6-15/h1-16,26,33H,17H2,(H,31,32);2-12,21,28H,13H2,1H3,(H,26,27);2*1-12,20,27H,13H2,(H,25,26). The lowest BCUT2D eigenvalue weighted by atomic mass is 9.98. The van der Waals surface area contributed by atoms with Crippen molar-refractivity contribution < 1.29 is 76.2 Å².